The lowest BCUT2D eigenvalue weighted by molar-refractivity contribution is -0.159. The number of ketones is 1. The van der Waals surface area contributed by atoms with Crippen molar-refractivity contribution >= 4 is 33.7 Å². The summed E-state index contributed by atoms with van der Waals surface area (Å²) in [7, 11) is 4.07. The molecule has 20 heavy (non-hydrogen) atoms. The van der Waals surface area contributed by atoms with Crippen LogP contribution in [0, 0.1) is 5.92 Å². The van der Waals surface area contributed by atoms with E-state index in [4.69, 9.17) is 19.8 Å². The molecule has 1 aliphatic carbocycles. The maximum Gasteiger partial charge on any atom is 0.414 e. The van der Waals surface area contributed by atoms with Crippen molar-refractivity contribution in [1.82, 2.24) is 4.90 Å². The van der Waals surface area contributed by atoms with E-state index in [1.54, 1.807) is 0 Å². The van der Waals surface area contributed by atoms with E-state index in [0.717, 1.165) is 19.4 Å². The van der Waals surface area contributed by atoms with E-state index < -0.39 is 11.9 Å². The minimum absolute atomic E-state index is 0.104. The SMILES string of the molecule is CN(C)CC1CCCCCC(Br)C1=O.O=C(O)C(=O)O. The number of halogens is 1. The molecule has 0 spiro atoms. The molecule has 1 rings (SSSR count). The number of alkyl halides is 1. The molecule has 1 saturated carbocycles. The second-order valence-electron chi connectivity index (χ2n) is 5.08. The Balaban J connectivity index is 0.000000511. The predicted molar refractivity (Wildman–Crippen MR) is 78.1 cm³/mol. The topological polar surface area (TPSA) is 94.9 Å². The van der Waals surface area contributed by atoms with Crippen LogP contribution in [-0.4, -0.2) is 58.3 Å². The van der Waals surface area contributed by atoms with E-state index >= 15 is 0 Å². The minimum Gasteiger partial charge on any atom is -0.473 e. The molecule has 1 fully saturated rings. The highest BCUT2D eigenvalue weighted by Gasteiger charge is 2.26. The largest absolute Gasteiger partial charge is 0.473 e. The molecule has 1 aliphatic rings. The first-order valence-electron chi connectivity index (χ1n) is 6.54. The van der Waals surface area contributed by atoms with Gasteiger partial charge in [0.05, 0.1) is 4.83 Å². The van der Waals surface area contributed by atoms with Crippen molar-refractivity contribution < 1.29 is 24.6 Å². The second-order valence-corrected chi connectivity index (χ2v) is 6.18. The van der Waals surface area contributed by atoms with Crippen LogP contribution in [0.25, 0.3) is 0 Å². The quantitative estimate of drug-likeness (QED) is 0.579. The fourth-order valence-electron chi connectivity index (χ4n) is 2.05. The number of Topliss-reactive ketones (excluding diaryl/α,β-unsaturated/α-hetero) is 1. The molecule has 0 aromatic rings. The molecule has 7 heteroatoms. The molecule has 0 heterocycles. The molecule has 0 aromatic heterocycles. The van der Waals surface area contributed by atoms with Crippen LogP contribution in [-0.2, 0) is 14.4 Å². The zero-order valence-corrected chi connectivity index (χ0v) is 13.4. The summed E-state index contributed by atoms with van der Waals surface area (Å²) in [5.74, 6) is -2.99. The van der Waals surface area contributed by atoms with Gasteiger partial charge >= 0.3 is 11.9 Å². The third-order valence-electron chi connectivity index (χ3n) is 2.99. The van der Waals surface area contributed by atoms with Crippen molar-refractivity contribution in [3.05, 3.63) is 0 Å². The van der Waals surface area contributed by atoms with Gasteiger partial charge < -0.3 is 15.1 Å². The number of carbonyl (C=O) groups excluding carboxylic acids is 1. The Morgan fingerprint density at radius 3 is 2.10 bits per heavy atom. The molecule has 0 aromatic carbocycles. The van der Waals surface area contributed by atoms with Crippen LogP contribution in [0.2, 0.25) is 0 Å². The van der Waals surface area contributed by atoms with Gasteiger partial charge in [-0.25, -0.2) is 9.59 Å². The maximum absolute atomic E-state index is 12.0. The highest BCUT2D eigenvalue weighted by atomic mass is 79.9. The molecule has 116 valence electrons. The monoisotopic (exact) mass is 351 g/mol. The number of hydrogen-bond acceptors (Lipinski definition) is 4. The second kappa shape index (κ2) is 9.88. The molecule has 0 amide bonds. The lowest BCUT2D eigenvalue weighted by Gasteiger charge is -2.24. The minimum atomic E-state index is -1.82. The molecule has 0 aliphatic heterocycles. The number of carboxylic acids is 2. The summed E-state index contributed by atoms with van der Waals surface area (Å²) in [5.41, 5.74) is 0. The average molecular weight is 352 g/mol. The van der Waals surface area contributed by atoms with Crippen molar-refractivity contribution in [3.8, 4) is 0 Å². The Morgan fingerprint density at radius 2 is 1.65 bits per heavy atom. The van der Waals surface area contributed by atoms with Gasteiger partial charge in [-0.05, 0) is 26.9 Å². The van der Waals surface area contributed by atoms with Gasteiger partial charge in [-0.2, -0.15) is 0 Å². The third kappa shape index (κ3) is 8.27. The number of nitrogens with zero attached hydrogens (tertiary/aromatic N) is 1. The molecule has 2 N–H and O–H groups in total. The number of aliphatic carboxylic acids is 2. The highest BCUT2D eigenvalue weighted by Crippen LogP contribution is 2.24. The van der Waals surface area contributed by atoms with Crippen LogP contribution >= 0.6 is 15.9 Å². The summed E-state index contributed by atoms with van der Waals surface area (Å²) in [6, 6.07) is 0. The Bertz CT molecular complexity index is 334. The number of carbonyl (C=O) groups is 3. The first-order chi connectivity index (χ1) is 9.25. The van der Waals surface area contributed by atoms with Crippen LogP contribution in [0.15, 0.2) is 0 Å². The van der Waals surface area contributed by atoms with Crippen molar-refractivity contribution in [3.63, 3.8) is 0 Å². The zero-order chi connectivity index (χ0) is 15.7. The average Bonchev–Trinajstić information content (AvgIpc) is 2.34. The van der Waals surface area contributed by atoms with Crippen molar-refractivity contribution in [2.24, 2.45) is 5.92 Å². The van der Waals surface area contributed by atoms with Crippen molar-refractivity contribution in [2.75, 3.05) is 20.6 Å². The smallest absolute Gasteiger partial charge is 0.414 e. The Hall–Kier alpha value is -0.950. The van der Waals surface area contributed by atoms with E-state index in [1.807, 2.05) is 14.1 Å². The van der Waals surface area contributed by atoms with Gasteiger partial charge in [-0.1, -0.05) is 35.2 Å². The summed E-state index contributed by atoms with van der Waals surface area (Å²) in [4.78, 5) is 32.4. The third-order valence-corrected chi connectivity index (χ3v) is 3.90. The van der Waals surface area contributed by atoms with Crippen LogP contribution < -0.4 is 0 Å². The summed E-state index contributed by atoms with van der Waals surface area (Å²) in [5, 5.41) is 14.8. The Labute approximate surface area is 127 Å². The predicted octanol–water partition coefficient (Wildman–Crippen LogP) is 1.62. The van der Waals surface area contributed by atoms with Gasteiger partial charge in [0.25, 0.3) is 0 Å². The molecule has 0 bridgehead atoms. The van der Waals surface area contributed by atoms with E-state index in [0.29, 0.717) is 5.78 Å². The van der Waals surface area contributed by atoms with Gasteiger partial charge in [0, 0.05) is 12.5 Å². The maximum atomic E-state index is 12.0. The fraction of sp³-hybridized carbons (Fsp3) is 0.769. The summed E-state index contributed by atoms with van der Waals surface area (Å²) >= 11 is 3.50. The molecule has 0 radical (unpaired) electrons. The van der Waals surface area contributed by atoms with Crippen molar-refractivity contribution in [1.29, 1.82) is 0 Å². The van der Waals surface area contributed by atoms with Gasteiger partial charge in [0.1, 0.15) is 0 Å². The van der Waals surface area contributed by atoms with Gasteiger partial charge in [-0.3, -0.25) is 4.79 Å². The zero-order valence-electron chi connectivity index (χ0n) is 11.8. The normalized spacial score (nSPS) is 23.3. The van der Waals surface area contributed by atoms with Crippen LogP contribution in [0.3, 0.4) is 0 Å². The molecular formula is C13H22BrNO5. The summed E-state index contributed by atoms with van der Waals surface area (Å²) < 4.78 is 0. The van der Waals surface area contributed by atoms with Gasteiger partial charge in [-0.15, -0.1) is 0 Å². The van der Waals surface area contributed by atoms with Gasteiger partial charge in [0.15, 0.2) is 5.78 Å². The van der Waals surface area contributed by atoms with Crippen LogP contribution in [0.5, 0.6) is 0 Å². The van der Waals surface area contributed by atoms with E-state index in [9.17, 15) is 4.79 Å². The lowest BCUT2D eigenvalue weighted by Crippen LogP contribution is -2.33. The summed E-state index contributed by atoms with van der Waals surface area (Å²) in [6.07, 6.45) is 5.77. The first kappa shape index (κ1) is 19.1. The van der Waals surface area contributed by atoms with Crippen LogP contribution in [0.4, 0.5) is 0 Å². The molecular weight excluding hydrogens is 330 g/mol. The number of rotatable bonds is 2. The van der Waals surface area contributed by atoms with Gasteiger partial charge in [0.2, 0.25) is 0 Å². The molecule has 2 atom stereocenters. The number of carboxylic acid groups (broad SMARTS) is 2. The highest BCUT2D eigenvalue weighted by molar-refractivity contribution is 9.10. The number of hydrogen-bond donors (Lipinski definition) is 2. The van der Waals surface area contributed by atoms with E-state index in [2.05, 4.69) is 20.8 Å². The fourth-order valence-corrected chi connectivity index (χ4v) is 2.75. The first-order valence-corrected chi connectivity index (χ1v) is 7.46. The van der Waals surface area contributed by atoms with E-state index in [1.165, 1.54) is 19.3 Å². The standard InChI is InChI=1S/C11H20BrNO.C2H2O4/c1-13(2)8-9-6-4-3-5-7-10(12)11(9)14;3-1(4)2(5)6/h9-10H,3-8H2,1-2H3;(H,3,4)(H,5,6). The molecule has 6 nitrogen and oxygen atoms in total. The molecule has 2 unspecified atom stereocenters. The Kier molecular flexibility index (Phi) is 9.41. The van der Waals surface area contributed by atoms with Crippen LogP contribution in [0.1, 0.15) is 32.1 Å². The summed E-state index contributed by atoms with van der Waals surface area (Å²) in [6.45, 7) is 0.904. The molecule has 0 saturated heterocycles. The van der Waals surface area contributed by atoms with Crippen molar-refractivity contribution in [2.45, 2.75) is 36.9 Å². The van der Waals surface area contributed by atoms with E-state index in [-0.39, 0.29) is 10.7 Å². The Morgan fingerprint density at radius 1 is 1.15 bits per heavy atom. The lowest BCUT2D eigenvalue weighted by atomic mass is 9.89.